The fourth-order valence-corrected chi connectivity index (χ4v) is 5.36. The summed E-state index contributed by atoms with van der Waals surface area (Å²) in [7, 11) is -1.75. The van der Waals surface area contributed by atoms with Gasteiger partial charge in [-0.05, 0) is 56.0 Å². The highest BCUT2D eigenvalue weighted by Crippen LogP contribution is 2.48. The highest BCUT2D eigenvalue weighted by atomic mass is 31.2. The molecule has 1 amide bonds. The van der Waals surface area contributed by atoms with E-state index in [0.29, 0.717) is 18.4 Å². The maximum absolute atomic E-state index is 13.2. The SMILES string of the molecule is CCOP(=O)(CCCNC(=O)c1c(O)c2ncc(Cc3ccc(F)cc3)cc2n(C)c1=O)OCC. The molecule has 11 heteroatoms. The van der Waals surface area contributed by atoms with Crippen LogP contribution in [0.2, 0.25) is 0 Å². The Kier molecular flexibility index (Phi) is 8.77. The number of aromatic hydroxyl groups is 1. The van der Waals surface area contributed by atoms with E-state index in [4.69, 9.17) is 9.05 Å². The summed E-state index contributed by atoms with van der Waals surface area (Å²) in [5, 5.41) is 13.3. The van der Waals surface area contributed by atoms with Gasteiger partial charge in [0.2, 0.25) is 0 Å². The molecule has 188 valence electrons. The number of nitrogens with one attached hydrogen (secondary N) is 1. The molecule has 2 N–H and O–H groups in total. The van der Waals surface area contributed by atoms with Crippen molar-refractivity contribution in [3.8, 4) is 5.75 Å². The Balaban J connectivity index is 1.77. The van der Waals surface area contributed by atoms with Gasteiger partial charge in [0.1, 0.15) is 16.9 Å². The molecule has 3 aromatic rings. The van der Waals surface area contributed by atoms with E-state index in [2.05, 4.69) is 10.3 Å². The van der Waals surface area contributed by atoms with Crippen LogP contribution < -0.4 is 10.9 Å². The van der Waals surface area contributed by atoms with Crippen LogP contribution >= 0.6 is 7.60 Å². The zero-order valence-corrected chi connectivity index (χ0v) is 20.8. The van der Waals surface area contributed by atoms with Gasteiger partial charge in [0.05, 0.1) is 24.9 Å². The van der Waals surface area contributed by atoms with E-state index < -0.39 is 30.4 Å². The van der Waals surface area contributed by atoms with Gasteiger partial charge in [-0.3, -0.25) is 19.1 Å². The number of fused-ring (bicyclic) bond motifs is 1. The third kappa shape index (κ3) is 6.33. The van der Waals surface area contributed by atoms with Crippen LogP contribution in [0.15, 0.2) is 41.3 Å². The zero-order valence-electron chi connectivity index (χ0n) is 19.9. The summed E-state index contributed by atoms with van der Waals surface area (Å²) in [6.07, 6.45) is 2.39. The van der Waals surface area contributed by atoms with E-state index in [1.807, 2.05) is 0 Å². The number of aryl methyl sites for hydroxylation is 1. The van der Waals surface area contributed by atoms with Crippen LogP contribution in [0.5, 0.6) is 5.75 Å². The Morgan fingerprint density at radius 2 is 1.83 bits per heavy atom. The molecule has 9 nitrogen and oxygen atoms in total. The molecule has 0 radical (unpaired) electrons. The number of benzene rings is 1. The third-order valence-corrected chi connectivity index (χ3v) is 7.53. The van der Waals surface area contributed by atoms with Crippen molar-refractivity contribution < 1.29 is 27.9 Å². The molecule has 2 heterocycles. The Labute approximate surface area is 202 Å². The molecular formula is C24H29FN3O6P. The third-order valence-electron chi connectivity index (χ3n) is 5.36. The Morgan fingerprint density at radius 3 is 2.46 bits per heavy atom. The normalized spacial score (nSPS) is 11.7. The van der Waals surface area contributed by atoms with Crippen LogP contribution in [-0.4, -0.2) is 46.5 Å². The molecule has 0 aliphatic heterocycles. The monoisotopic (exact) mass is 505 g/mol. The number of carbonyl (C=O) groups is 1. The van der Waals surface area contributed by atoms with E-state index in [1.54, 1.807) is 32.0 Å². The first-order chi connectivity index (χ1) is 16.7. The van der Waals surface area contributed by atoms with Crippen LogP contribution in [0.25, 0.3) is 11.0 Å². The summed E-state index contributed by atoms with van der Waals surface area (Å²) >= 11 is 0. The zero-order chi connectivity index (χ0) is 25.6. The molecule has 0 atom stereocenters. The minimum Gasteiger partial charge on any atom is -0.505 e. The van der Waals surface area contributed by atoms with Gasteiger partial charge in [0.15, 0.2) is 5.75 Å². The summed E-state index contributed by atoms with van der Waals surface area (Å²) < 4.78 is 37.4. The number of halogens is 1. The second kappa shape index (κ2) is 11.6. The molecule has 0 saturated carbocycles. The van der Waals surface area contributed by atoms with Crippen molar-refractivity contribution in [2.75, 3.05) is 25.9 Å². The molecule has 1 aromatic carbocycles. The minimum absolute atomic E-state index is 0.105. The number of hydrogen-bond donors (Lipinski definition) is 2. The first-order valence-corrected chi connectivity index (χ1v) is 13.0. The maximum Gasteiger partial charge on any atom is 0.330 e. The summed E-state index contributed by atoms with van der Waals surface area (Å²) in [5.74, 6) is -1.60. The Bertz CT molecular complexity index is 1300. The molecule has 0 saturated heterocycles. The molecule has 35 heavy (non-hydrogen) atoms. The predicted octanol–water partition coefficient (Wildman–Crippen LogP) is 3.76. The summed E-state index contributed by atoms with van der Waals surface area (Å²) in [6, 6.07) is 7.75. The van der Waals surface area contributed by atoms with Crippen molar-refractivity contribution in [2.24, 2.45) is 7.05 Å². The predicted molar refractivity (Wildman–Crippen MR) is 131 cm³/mol. The molecule has 0 fully saturated rings. The fraction of sp³-hybridized carbons (Fsp3) is 0.375. The lowest BCUT2D eigenvalue weighted by Gasteiger charge is -2.17. The average molecular weight is 505 g/mol. The van der Waals surface area contributed by atoms with Crippen LogP contribution in [0.1, 0.15) is 41.8 Å². The Morgan fingerprint density at radius 1 is 1.17 bits per heavy atom. The van der Waals surface area contributed by atoms with Gasteiger partial charge in [-0.1, -0.05) is 12.1 Å². The fourth-order valence-electron chi connectivity index (χ4n) is 3.69. The van der Waals surface area contributed by atoms with Crippen molar-refractivity contribution in [2.45, 2.75) is 26.7 Å². The number of nitrogens with zero attached hydrogens (tertiary/aromatic N) is 2. The van der Waals surface area contributed by atoms with E-state index in [1.165, 1.54) is 29.9 Å². The van der Waals surface area contributed by atoms with Crippen molar-refractivity contribution >= 4 is 24.5 Å². The molecule has 0 spiro atoms. The highest BCUT2D eigenvalue weighted by Gasteiger charge is 2.24. The molecule has 0 unspecified atom stereocenters. The molecular weight excluding hydrogens is 476 g/mol. The lowest BCUT2D eigenvalue weighted by atomic mass is 10.1. The summed E-state index contributed by atoms with van der Waals surface area (Å²) in [5.41, 5.74) is 0.981. The van der Waals surface area contributed by atoms with Crippen molar-refractivity contribution in [3.05, 3.63) is 69.4 Å². The van der Waals surface area contributed by atoms with Crippen molar-refractivity contribution in [1.82, 2.24) is 14.9 Å². The summed E-state index contributed by atoms with van der Waals surface area (Å²) in [4.78, 5) is 29.9. The van der Waals surface area contributed by atoms with Crippen LogP contribution in [0, 0.1) is 5.82 Å². The standard InChI is InChI=1S/C24H29FN3O6P/c1-4-33-35(32,34-5-2)12-6-11-26-23(30)20-22(29)21-19(28(3)24(20)31)14-17(15-27-21)13-16-7-9-18(25)10-8-16/h7-10,14-15,29H,4-6,11-13H2,1-3H3,(H,26,30). The van der Waals surface area contributed by atoms with Gasteiger partial charge in [-0.2, -0.15) is 0 Å². The number of rotatable bonds is 11. The minimum atomic E-state index is -3.24. The van der Waals surface area contributed by atoms with E-state index in [-0.39, 0.29) is 37.3 Å². The smallest absolute Gasteiger partial charge is 0.330 e. The second-order valence-electron chi connectivity index (χ2n) is 7.88. The lowest BCUT2D eigenvalue weighted by Crippen LogP contribution is -2.33. The first-order valence-electron chi connectivity index (χ1n) is 11.3. The Hall–Kier alpha value is -3.07. The molecule has 2 aromatic heterocycles. The molecule has 0 bridgehead atoms. The summed E-state index contributed by atoms with van der Waals surface area (Å²) in [6.45, 7) is 4.01. The van der Waals surface area contributed by atoms with Gasteiger partial charge in [0.25, 0.3) is 11.5 Å². The van der Waals surface area contributed by atoms with Gasteiger partial charge >= 0.3 is 7.60 Å². The quantitative estimate of drug-likeness (QED) is 0.301. The largest absolute Gasteiger partial charge is 0.505 e. The topological polar surface area (TPSA) is 120 Å². The number of aromatic nitrogens is 2. The first kappa shape index (κ1) is 26.5. The van der Waals surface area contributed by atoms with Crippen LogP contribution in [-0.2, 0) is 27.1 Å². The molecule has 0 aliphatic rings. The number of amides is 1. The van der Waals surface area contributed by atoms with E-state index in [0.717, 1.165) is 11.1 Å². The van der Waals surface area contributed by atoms with Gasteiger partial charge in [-0.15, -0.1) is 0 Å². The maximum atomic E-state index is 13.2. The van der Waals surface area contributed by atoms with E-state index in [9.17, 15) is 23.7 Å². The van der Waals surface area contributed by atoms with Crippen LogP contribution in [0.4, 0.5) is 4.39 Å². The van der Waals surface area contributed by atoms with Gasteiger partial charge < -0.3 is 24.0 Å². The average Bonchev–Trinajstić information content (AvgIpc) is 2.82. The number of hydrogen-bond acceptors (Lipinski definition) is 7. The van der Waals surface area contributed by atoms with E-state index >= 15 is 0 Å². The lowest BCUT2D eigenvalue weighted by molar-refractivity contribution is 0.0948. The van der Waals surface area contributed by atoms with Gasteiger partial charge in [-0.25, -0.2) is 4.39 Å². The van der Waals surface area contributed by atoms with Gasteiger partial charge in [0, 0.05) is 19.8 Å². The van der Waals surface area contributed by atoms with Crippen LogP contribution in [0.3, 0.4) is 0 Å². The highest BCUT2D eigenvalue weighted by molar-refractivity contribution is 7.53. The molecule has 0 aliphatic carbocycles. The van der Waals surface area contributed by atoms with Crippen molar-refractivity contribution in [1.29, 1.82) is 0 Å². The van der Waals surface area contributed by atoms with Crippen molar-refractivity contribution in [3.63, 3.8) is 0 Å². The molecule has 3 rings (SSSR count). The number of carbonyl (C=O) groups excluding carboxylic acids is 1. The second-order valence-corrected chi connectivity index (χ2v) is 10.1. The number of pyridine rings is 2.